The summed E-state index contributed by atoms with van der Waals surface area (Å²) >= 11 is 0. The zero-order valence-corrected chi connectivity index (χ0v) is 14.9. The zero-order chi connectivity index (χ0) is 21.4. The van der Waals surface area contributed by atoms with Crippen LogP contribution in [0.25, 0.3) is 22.3 Å². The van der Waals surface area contributed by atoms with Gasteiger partial charge in [-0.3, -0.25) is 4.79 Å². The van der Waals surface area contributed by atoms with E-state index >= 15 is 0 Å². The second-order valence-corrected chi connectivity index (χ2v) is 6.09. The second kappa shape index (κ2) is 7.23. The molecule has 1 aromatic heterocycles. The molecular weight excluding hydrogens is 397 g/mol. The molecule has 0 saturated heterocycles. The van der Waals surface area contributed by atoms with Crippen LogP contribution in [0.4, 0.5) is 22.0 Å². The summed E-state index contributed by atoms with van der Waals surface area (Å²) in [6, 6.07) is 13.2. The van der Waals surface area contributed by atoms with Crippen molar-refractivity contribution >= 4 is 22.4 Å². The third-order valence-corrected chi connectivity index (χ3v) is 4.27. The van der Waals surface area contributed by atoms with Gasteiger partial charge in [0, 0.05) is 28.9 Å². The highest BCUT2D eigenvalue weighted by Crippen LogP contribution is 2.37. The van der Waals surface area contributed by atoms with Crippen molar-refractivity contribution in [1.82, 2.24) is 4.57 Å². The summed E-state index contributed by atoms with van der Waals surface area (Å²) in [5.74, 6) is -8.56. The van der Waals surface area contributed by atoms with Crippen molar-refractivity contribution in [1.29, 1.82) is 0 Å². The van der Waals surface area contributed by atoms with Gasteiger partial charge >= 0.3 is 12.1 Å². The first kappa shape index (κ1) is 20.4. The van der Waals surface area contributed by atoms with Crippen molar-refractivity contribution < 1.29 is 36.6 Å². The number of carbonyl (C=O) groups excluding carboxylic acids is 1. The highest BCUT2D eigenvalue weighted by atomic mass is 19.4. The number of hydrogen-bond acceptors (Lipinski definition) is 3. The number of aliphatic hydroxyl groups excluding tert-OH is 1. The number of aliphatic hydroxyl groups is 1. The van der Waals surface area contributed by atoms with Gasteiger partial charge in [0.1, 0.15) is 11.5 Å². The number of para-hydroxylation sites is 1. The fraction of sp³-hybridized carbons (Fsp3) is 0.150. The van der Waals surface area contributed by atoms with Gasteiger partial charge in [-0.15, -0.1) is 0 Å². The molecule has 3 rings (SSSR count). The van der Waals surface area contributed by atoms with Crippen LogP contribution >= 0.6 is 0 Å². The number of aromatic nitrogens is 1. The fourth-order valence-corrected chi connectivity index (χ4v) is 2.77. The molecule has 0 aliphatic heterocycles. The predicted octanol–water partition coefficient (Wildman–Crippen LogP) is 5.30. The van der Waals surface area contributed by atoms with Crippen LogP contribution in [0.15, 0.2) is 60.8 Å². The number of hydrogen-bond donors (Lipinski definition) is 1. The van der Waals surface area contributed by atoms with Crippen LogP contribution in [0.2, 0.25) is 0 Å². The Hall–Kier alpha value is -3.36. The summed E-state index contributed by atoms with van der Waals surface area (Å²) in [6.07, 6.45) is -4.82. The van der Waals surface area contributed by atoms with E-state index in [1.165, 1.54) is 13.3 Å². The molecular formula is C20H14F5NO3. The van der Waals surface area contributed by atoms with Crippen LogP contribution in [0.1, 0.15) is 5.56 Å². The first-order valence-electron chi connectivity index (χ1n) is 8.21. The van der Waals surface area contributed by atoms with Crippen molar-refractivity contribution in [3.05, 3.63) is 66.4 Å². The van der Waals surface area contributed by atoms with E-state index in [4.69, 9.17) is 4.74 Å². The molecule has 152 valence electrons. The first-order chi connectivity index (χ1) is 13.6. The minimum atomic E-state index is -6.06. The van der Waals surface area contributed by atoms with Gasteiger partial charge in [0.15, 0.2) is 0 Å². The number of allylic oxidation sites excluding steroid dienone is 1. The molecule has 1 heterocycles. The smallest absolute Gasteiger partial charge is 0.461 e. The molecule has 0 radical (unpaired) electrons. The predicted molar refractivity (Wildman–Crippen MR) is 96.4 cm³/mol. The number of methoxy groups -OCH3 is 1. The Balaban J connectivity index is 2.09. The van der Waals surface area contributed by atoms with E-state index in [1.807, 2.05) is 0 Å². The number of nitrogens with zero attached hydrogens (tertiary/aromatic N) is 1. The van der Waals surface area contributed by atoms with E-state index in [9.17, 15) is 31.9 Å². The van der Waals surface area contributed by atoms with Gasteiger partial charge in [-0.05, 0) is 30.3 Å². The van der Waals surface area contributed by atoms with Crippen LogP contribution in [0.5, 0.6) is 5.75 Å². The lowest BCUT2D eigenvalue weighted by atomic mass is 10.1. The molecule has 0 fully saturated rings. The Labute approximate surface area is 161 Å². The number of alkyl halides is 5. The minimum absolute atomic E-state index is 0.0669. The summed E-state index contributed by atoms with van der Waals surface area (Å²) in [6.45, 7) is 0. The lowest BCUT2D eigenvalue weighted by Crippen LogP contribution is -2.43. The van der Waals surface area contributed by atoms with Gasteiger partial charge < -0.3 is 14.4 Å². The van der Waals surface area contributed by atoms with Crippen LogP contribution in [0, 0.1) is 0 Å². The molecule has 1 N–H and O–H groups in total. The molecule has 0 saturated carbocycles. The Morgan fingerprint density at radius 1 is 1.03 bits per heavy atom. The Morgan fingerprint density at radius 3 is 2.24 bits per heavy atom. The molecule has 0 amide bonds. The number of ether oxygens (including phenoxy) is 1. The number of ketones is 1. The number of halogens is 5. The summed E-state index contributed by atoms with van der Waals surface area (Å²) in [7, 11) is 1.49. The van der Waals surface area contributed by atoms with Crippen molar-refractivity contribution in [2.24, 2.45) is 0 Å². The molecule has 9 heteroatoms. The van der Waals surface area contributed by atoms with Crippen molar-refractivity contribution in [3.63, 3.8) is 0 Å². The largest absolute Gasteiger partial charge is 0.507 e. The van der Waals surface area contributed by atoms with Crippen molar-refractivity contribution in [2.75, 3.05) is 7.11 Å². The number of rotatable bonds is 5. The third-order valence-electron chi connectivity index (χ3n) is 4.27. The average Bonchev–Trinajstić information content (AvgIpc) is 3.07. The van der Waals surface area contributed by atoms with E-state index < -0.39 is 23.6 Å². The Bertz CT molecular complexity index is 1080. The summed E-state index contributed by atoms with van der Waals surface area (Å²) in [4.78, 5) is 11.5. The number of benzene rings is 2. The molecule has 0 atom stereocenters. The van der Waals surface area contributed by atoms with Gasteiger partial charge in [-0.25, -0.2) is 0 Å². The molecule has 29 heavy (non-hydrogen) atoms. The maximum absolute atomic E-state index is 13.2. The molecule has 0 bridgehead atoms. The topological polar surface area (TPSA) is 51.5 Å². The van der Waals surface area contributed by atoms with Gasteiger partial charge in [0.25, 0.3) is 0 Å². The Kier molecular flexibility index (Phi) is 5.08. The highest BCUT2D eigenvalue weighted by molar-refractivity contribution is 6.03. The van der Waals surface area contributed by atoms with Crippen LogP contribution < -0.4 is 4.74 Å². The maximum atomic E-state index is 13.2. The van der Waals surface area contributed by atoms with E-state index in [0.29, 0.717) is 22.3 Å². The average molecular weight is 411 g/mol. The molecule has 2 aromatic carbocycles. The highest BCUT2D eigenvalue weighted by Gasteiger charge is 2.62. The molecule has 3 aromatic rings. The normalized spacial score (nSPS) is 13.0. The lowest BCUT2D eigenvalue weighted by molar-refractivity contribution is -0.266. The molecule has 4 nitrogen and oxygen atoms in total. The van der Waals surface area contributed by atoms with E-state index in [2.05, 4.69) is 0 Å². The third kappa shape index (κ3) is 3.67. The number of fused-ring (bicyclic) bond motifs is 1. The van der Waals surface area contributed by atoms with Gasteiger partial charge in [0.2, 0.25) is 5.78 Å². The molecule has 0 spiro atoms. The summed E-state index contributed by atoms with van der Waals surface area (Å²) in [5, 5.41) is 10.5. The second-order valence-electron chi connectivity index (χ2n) is 6.09. The molecule has 0 aliphatic carbocycles. The van der Waals surface area contributed by atoms with Gasteiger partial charge in [-0.1, -0.05) is 18.2 Å². The van der Waals surface area contributed by atoms with E-state index in [-0.39, 0.29) is 11.6 Å². The summed E-state index contributed by atoms with van der Waals surface area (Å²) < 4.78 is 70.2. The standard InChI is InChI=1S/C20H14F5NO3/c1-29-13-8-6-12(7-9-13)26-11-15(14-4-2-3-5-16(14)26)17(27)10-18(28)19(21,22)20(23,24)25/h2-11,27H,1H3/b17-10-. The van der Waals surface area contributed by atoms with Crippen LogP contribution in [-0.2, 0) is 4.79 Å². The van der Waals surface area contributed by atoms with Crippen molar-refractivity contribution in [3.8, 4) is 11.4 Å². The zero-order valence-electron chi connectivity index (χ0n) is 14.9. The minimum Gasteiger partial charge on any atom is -0.507 e. The fourth-order valence-electron chi connectivity index (χ4n) is 2.77. The van der Waals surface area contributed by atoms with E-state index in [1.54, 1.807) is 53.1 Å². The molecule has 0 aliphatic rings. The quantitative estimate of drug-likeness (QED) is 0.352. The Morgan fingerprint density at radius 2 is 1.66 bits per heavy atom. The SMILES string of the molecule is COc1ccc(-n2cc(/C(O)=C/C(=O)C(F)(F)C(F)(F)F)c3ccccc32)cc1. The number of carbonyl (C=O) groups is 1. The molecule has 0 unspecified atom stereocenters. The van der Waals surface area contributed by atoms with Crippen LogP contribution in [-0.4, -0.2) is 34.7 Å². The van der Waals surface area contributed by atoms with Crippen LogP contribution in [0.3, 0.4) is 0 Å². The van der Waals surface area contributed by atoms with E-state index in [0.717, 1.165) is 0 Å². The maximum Gasteiger partial charge on any atom is 0.461 e. The van der Waals surface area contributed by atoms with Gasteiger partial charge in [0.05, 0.1) is 12.6 Å². The van der Waals surface area contributed by atoms with Crippen molar-refractivity contribution in [2.45, 2.75) is 12.1 Å². The lowest BCUT2D eigenvalue weighted by Gasteiger charge is -2.16. The van der Waals surface area contributed by atoms with Gasteiger partial charge in [-0.2, -0.15) is 22.0 Å². The first-order valence-corrected chi connectivity index (χ1v) is 8.21. The monoisotopic (exact) mass is 411 g/mol. The summed E-state index contributed by atoms with van der Waals surface area (Å²) in [5.41, 5.74) is 1.10.